The van der Waals surface area contributed by atoms with Crippen LogP contribution >= 0.6 is 11.8 Å². The molecule has 1 atom stereocenters. The second-order valence-corrected chi connectivity index (χ2v) is 5.68. The molecule has 1 fully saturated rings. The first-order chi connectivity index (χ1) is 7.44. The van der Waals surface area contributed by atoms with E-state index in [-0.39, 0.29) is 5.91 Å². The summed E-state index contributed by atoms with van der Waals surface area (Å²) in [6.45, 7) is 3.64. The van der Waals surface area contributed by atoms with Crippen molar-refractivity contribution in [3.63, 3.8) is 0 Å². The average molecular weight is 244 g/mol. The molecule has 0 aromatic heterocycles. The Morgan fingerprint density at radius 3 is 2.62 bits per heavy atom. The largest absolute Gasteiger partial charge is 0.388 e. The van der Waals surface area contributed by atoms with E-state index in [0.717, 1.165) is 24.3 Å². The van der Waals surface area contributed by atoms with Crippen molar-refractivity contribution in [3.05, 3.63) is 0 Å². The highest BCUT2D eigenvalue weighted by Crippen LogP contribution is 2.26. The van der Waals surface area contributed by atoms with Crippen molar-refractivity contribution in [2.24, 2.45) is 5.92 Å². The second-order valence-electron chi connectivity index (χ2n) is 4.46. The maximum atomic E-state index is 11.6. The van der Waals surface area contributed by atoms with Crippen molar-refractivity contribution in [2.75, 3.05) is 18.1 Å². The van der Waals surface area contributed by atoms with Crippen LogP contribution < -0.4 is 5.32 Å². The fraction of sp³-hybridized carbons (Fsp3) is 0.818. The summed E-state index contributed by atoms with van der Waals surface area (Å²) in [5.41, 5.74) is -0.389. The maximum Gasteiger partial charge on any atom is 0.228 e. The minimum absolute atomic E-state index is 0.167. The highest BCUT2D eigenvalue weighted by Gasteiger charge is 2.30. The Kier molecular flexibility index (Phi) is 4.80. The van der Waals surface area contributed by atoms with Gasteiger partial charge in [-0.2, -0.15) is 11.8 Å². The van der Waals surface area contributed by atoms with Gasteiger partial charge in [0.25, 0.3) is 0 Å². The normalized spacial score (nSPS) is 21.2. The Morgan fingerprint density at radius 2 is 2.12 bits per heavy atom. The molecule has 4 nitrogen and oxygen atoms in total. The van der Waals surface area contributed by atoms with Crippen LogP contribution in [0.25, 0.3) is 0 Å². The summed E-state index contributed by atoms with van der Waals surface area (Å²) in [5.74, 6) is 1.33. The van der Waals surface area contributed by atoms with E-state index in [4.69, 9.17) is 5.41 Å². The number of amides is 1. The zero-order valence-corrected chi connectivity index (χ0v) is 10.7. The fourth-order valence-corrected chi connectivity index (χ4v) is 2.78. The molecule has 0 aromatic carbocycles. The monoisotopic (exact) mass is 244 g/mol. The van der Waals surface area contributed by atoms with E-state index in [0.29, 0.717) is 12.3 Å². The lowest BCUT2D eigenvalue weighted by atomic mass is 9.96. The molecule has 0 spiro atoms. The van der Waals surface area contributed by atoms with Crippen LogP contribution in [0.4, 0.5) is 0 Å². The molecule has 16 heavy (non-hydrogen) atoms. The molecule has 3 N–H and O–H groups in total. The Balaban J connectivity index is 2.38. The molecule has 1 aliphatic rings. The quantitative estimate of drug-likeness (QED) is 0.647. The first kappa shape index (κ1) is 13.5. The summed E-state index contributed by atoms with van der Waals surface area (Å²) >= 11 is 1.84. The van der Waals surface area contributed by atoms with Gasteiger partial charge in [0.2, 0.25) is 5.91 Å². The molecule has 0 bridgehead atoms. The van der Waals surface area contributed by atoms with Crippen molar-refractivity contribution in [3.8, 4) is 0 Å². The molecule has 0 aliphatic carbocycles. The van der Waals surface area contributed by atoms with E-state index in [2.05, 4.69) is 5.32 Å². The molecular weight excluding hydrogens is 224 g/mol. The van der Waals surface area contributed by atoms with Gasteiger partial charge < -0.3 is 15.8 Å². The summed E-state index contributed by atoms with van der Waals surface area (Å²) in [6.07, 6.45) is 1.46. The molecule has 1 amide bonds. The predicted octanol–water partition coefficient (Wildman–Crippen LogP) is 1.04. The molecule has 0 aromatic rings. The molecule has 0 saturated carbocycles. The van der Waals surface area contributed by atoms with E-state index >= 15 is 0 Å². The van der Waals surface area contributed by atoms with Gasteiger partial charge >= 0.3 is 0 Å². The van der Waals surface area contributed by atoms with E-state index in [1.807, 2.05) is 11.8 Å². The topological polar surface area (TPSA) is 73.2 Å². The van der Waals surface area contributed by atoms with Gasteiger partial charge in [-0.1, -0.05) is 0 Å². The molecule has 92 valence electrons. The van der Waals surface area contributed by atoms with Crippen LogP contribution in [0.1, 0.15) is 26.7 Å². The van der Waals surface area contributed by atoms with E-state index < -0.39 is 11.5 Å². The van der Waals surface area contributed by atoms with E-state index in [1.54, 1.807) is 13.8 Å². The van der Waals surface area contributed by atoms with Crippen LogP contribution in [0.2, 0.25) is 0 Å². The molecular formula is C11H20N2O2S. The number of nitrogens with one attached hydrogen (secondary N) is 2. The van der Waals surface area contributed by atoms with Crippen molar-refractivity contribution < 1.29 is 9.90 Å². The Labute approximate surface area is 101 Å². The minimum atomic E-state index is -0.740. The second kappa shape index (κ2) is 5.68. The van der Waals surface area contributed by atoms with Crippen LogP contribution in [0.5, 0.6) is 0 Å². The van der Waals surface area contributed by atoms with Gasteiger partial charge in [0.1, 0.15) is 0 Å². The Morgan fingerprint density at radius 1 is 1.56 bits per heavy atom. The lowest BCUT2D eigenvalue weighted by Crippen LogP contribution is -2.47. The third kappa shape index (κ3) is 3.79. The molecule has 1 rings (SSSR count). The summed E-state index contributed by atoms with van der Waals surface area (Å²) < 4.78 is 0. The summed E-state index contributed by atoms with van der Waals surface area (Å²) in [7, 11) is 0. The molecule has 0 radical (unpaired) electrons. The highest BCUT2D eigenvalue weighted by atomic mass is 32.2. The first-order valence-electron chi connectivity index (χ1n) is 5.57. The van der Waals surface area contributed by atoms with Gasteiger partial charge in [0.05, 0.1) is 11.5 Å². The van der Waals surface area contributed by atoms with E-state index in [1.165, 1.54) is 0 Å². The molecule has 1 heterocycles. The van der Waals surface area contributed by atoms with Crippen molar-refractivity contribution in [1.82, 2.24) is 5.32 Å². The molecule has 1 unspecified atom stereocenters. The van der Waals surface area contributed by atoms with Gasteiger partial charge in [-0.05, 0) is 38.2 Å². The van der Waals surface area contributed by atoms with Crippen LogP contribution in [0.3, 0.4) is 0 Å². The van der Waals surface area contributed by atoms with Gasteiger partial charge in [-0.15, -0.1) is 0 Å². The molecule has 1 saturated heterocycles. The number of thioether (sulfide) groups is 1. The van der Waals surface area contributed by atoms with Crippen molar-refractivity contribution in [2.45, 2.75) is 32.3 Å². The van der Waals surface area contributed by atoms with Gasteiger partial charge in [-0.25, -0.2) is 0 Å². The number of rotatable bonds is 4. The SMILES string of the molecule is CC(=N)C(C)C(=O)NCC1(O)CCSCC1. The lowest BCUT2D eigenvalue weighted by Gasteiger charge is -2.32. The number of carbonyl (C=O) groups excluding carboxylic acids is 1. The lowest BCUT2D eigenvalue weighted by molar-refractivity contribution is -0.124. The number of carbonyl (C=O) groups is 1. The first-order valence-corrected chi connectivity index (χ1v) is 6.73. The van der Waals surface area contributed by atoms with Crippen LogP contribution in [-0.2, 0) is 4.79 Å². The molecule has 1 aliphatic heterocycles. The van der Waals surface area contributed by atoms with Crippen molar-refractivity contribution >= 4 is 23.4 Å². The fourth-order valence-electron chi connectivity index (χ4n) is 1.53. The summed E-state index contributed by atoms with van der Waals surface area (Å²) in [4.78, 5) is 11.6. The summed E-state index contributed by atoms with van der Waals surface area (Å²) in [5, 5.41) is 20.3. The van der Waals surface area contributed by atoms with Crippen LogP contribution in [0, 0.1) is 11.3 Å². The smallest absolute Gasteiger partial charge is 0.228 e. The van der Waals surface area contributed by atoms with Crippen molar-refractivity contribution in [1.29, 1.82) is 5.41 Å². The Hall–Kier alpha value is -0.550. The highest BCUT2D eigenvalue weighted by molar-refractivity contribution is 7.99. The van der Waals surface area contributed by atoms with Gasteiger partial charge in [0, 0.05) is 12.3 Å². The minimum Gasteiger partial charge on any atom is -0.388 e. The maximum absolute atomic E-state index is 11.6. The average Bonchev–Trinajstić information content (AvgIpc) is 2.26. The predicted molar refractivity (Wildman–Crippen MR) is 67.1 cm³/mol. The number of aliphatic hydroxyl groups is 1. The zero-order chi connectivity index (χ0) is 12.2. The number of hydrogen-bond donors (Lipinski definition) is 3. The third-order valence-corrected chi connectivity index (χ3v) is 4.04. The molecule has 5 heteroatoms. The van der Waals surface area contributed by atoms with Crippen LogP contribution in [0.15, 0.2) is 0 Å². The number of hydrogen-bond acceptors (Lipinski definition) is 4. The van der Waals surface area contributed by atoms with Gasteiger partial charge in [-0.3, -0.25) is 4.79 Å². The standard InChI is InChI=1S/C11H20N2O2S/c1-8(9(2)12)10(14)13-7-11(15)3-5-16-6-4-11/h8,12,15H,3-7H2,1-2H3,(H,13,14). The summed E-state index contributed by atoms with van der Waals surface area (Å²) in [6, 6.07) is 0. The van der Waals surface area contributed by atoms with E-state index in [9.17, 15) is 9.90 Å². The van der Waals surface area contributed by atoms with Crippen LogP contribution in [-0.4, -0.2) is 40.4 Å². The third-order valence-electron chi connectivity index (χ3n) is 3.06. The zero-order valence-electron chi connectivity index (χ0n) is 9.88. The Bertz CT molecular complexity index is 275. The van der Waals surface area contributed by atoms with Gasteiger partial charge in [0.15, 0.2) is 0 Å².